The molecule has 2 N–H and O–H groups in total. The first-order valence-corrected chi connectivity index (χ1v) is 10.7. The molecule has 1 aromatic rings. The first-order valence-electron chi connectivity index (χ1n) is 10.7. The largest absolute Gasteiger partial charge is 0.469 e. The predicted molar refractivity (Wildman–Crippen MR) is 125 cm³/mol. The Hall–Kier alpha value is -0.800. The number of aliphatic imine (C=N–C) groups is 1. The smallest absolute Gasteiger partial charge is 0.191 e. The van der Waals surface area contributed by atoms with Crippen LogP contribution in [0.5, 0.6) is 0 Å². The van der Waals surface area contributed by atoms with Gasteiger partial charge in [0, 0.05) is 38.7 Å². The van der Waals surface area contributed by atoms with E-state index in [2.05, 4.69) is 22.5 Å². The summed E-state index contributed by atoms with van der Waals surface area (Å²) in [5.74, 6) is 1.89. The molecule has 1 aromatic heterocycles. The molecular formula is C21H37IN4O2. The molecule has 2 aliphatic rings. The summed E-state index contributed by atoms with van der Waals surface area (Å²) < 4.78 is 11.1. The fourth-order valence-electron chi connectivity index (χ4n) is 3.89. The van der Waals surface area contributed by atoms with Crippen LogP contribution in [0.2, 0.25) is 0 Å². The molecule has 0 bridgehead atoms. The number of ether oxygens (including phenoxy) is 1. The Bertz CT molecular complexity index is 547. The van der Waals surface area contributed by atoms with Crippen LogP contribution >= 0.6 is 24.0 Å². The molecule has 6 nitrogen and oxygen atoms in total. The van der Waals surface area contributed by atoms with Gasteiger partial charge in [-0.2, -0.15) is 0 Å². The second-order valence-corrected chi connectivity index (χ2v) is 7.74. The molecule has 2 fully saturated rings. The number of furan rings is 1. The number of nitrogens with zero attached hydrogens (tertiary/aromatic N) is 2. The van der Waals surface area contributed by atoms with E-state index in [1.807, 2.05) is 12.1 Å². The van der Waals surface area contributed by atoms with Crippen molar-refractivity contribution in [3.63, 3.8) is 0 Å². The standard InChI is InChI=1S/C21H36N4O2.HI/c1-18-7-2-3-13-25(18)14-6-11-22-21(24-17-20-9-5-16-27-20)23-12-10-19-8-4-15-26-19;/h4,8,15,18,20H,2-3,5-7,9-14,16-17H2,1H3,(H2,22,23,24);1H. The minimum absolute atomic E-state index is 0. The van der Waals surface area contributed by atoms with Gasteiger partial charge in [0.1, 0.15) is 5.76 Å². The van der Waals surface area contributed by atoms with Crippen molar-refractivity contribution in [1.82, 2.24) is 15.5 Å². The van der Waals surface area contributed by atoms with Crippen molar-refractivity contribution in [2.45, 2.75) is 64.0 Å². The van der Waals surface area contributed by atoms with Crippen LogP contribution in [-0.4, -0.2) is 62.3 Å². The van der Waals surface area contributed by atoms with Gasteiger partial charge in [-0.05, 0) is 57.7 Å². The van der Waals surface area contributed by atoms with Crippen molar-refractivity contribution in [1.29, 1.82) is 0 Å². The minimum Gasteiger partial charge on any atom is -0.469 e. The van der Waals surface area contributed by atoms with E-state index in [0.29, 0.717) is 0 Å². The second-order valence-electron chi connectivity index (χ2n) is 7.74. The molecule has 28 heavy (non-hydrogen) atoms. The highest BCUT2D eigenvalue weighted by Gasteiger charge is 2.17. The van der Waals surface area contributed by atoms with Crippen molar-refractivity contribution in [3.8, 4) is 0 Å². The summed E-state index contributed by atoms with van der Waals surface area (Å²) in [7, 11) is 0. The third kappa shape index (κ3) is 8.29. The maximum absolute atomic E-state index is 5.70. The number of hydrogen-bond donors (Lipinski definition) is 2. The molecular weight excluding hydrogens is 467 g/mol. The molecule has 0 amide bonds. The number of piperidine rings is 1. The molecule has 2 atom stereocenters. The fourth-order valence-corrected chi connectivity index (χ4v) is 3.89. The monoisotopic (exact) mass is 504 g/mol. The van der Waals surface area contributed by atoms with Crippen LogP contribution < -0.4 is 10.6 Å². The summed E-state index contributed by atoms with van der Waals surface area (Å²) >= 11 is 0. The van der Waals surface area contributed by atoms with Crippen LogP contribution in [-0.2, 0) is 11.2 Å². The van der Waals surface area contributed by atoms with E-state index in [1.165, 1.54) is 32.4 Å². The number of guanidine groups is 1. The lowest BCUT2D eigenvalue weighted by atomic mass is 10.0. The summed E-state index contributed by atoms with van der Waals surface area (Å²) in [5.41, 5.74) is 0. The minimum atomic E-state index is 0. The molecule has 0 aromatic carbocycles. The van der Waals surface area contributed by atoms with Gasteiger partial charge in [0.15, 0.2) is 5.96 Å². The zero-order valence-electron chi connectivity index (χ0n) is 17.2. The van der Waals surface area contributed by atoms with Gasteiger partial charge in [0.05, 0.1) is 18.9 Å². The number of likely N-dealkylation sites (tertiary alicyclic amines) is 1. The quantitative estimate of drug-likeness (QED) is 0.234. The Balaban J connectivity index is 0.00000280. The lowest BCUT2D eigenvalue weighted by molar-refractivity contribution is 0.117. The zero-order chi connectivity index (χ0) is 18.7. The lowest BCUT2D eigenvalue weighted by Gasteiger charge is -2.33. The summed E-state index contributed by atoms with van der Waals surface area (Å²) in [6.45, 7) is 8.15. The molecule has 2 aliphatic heterocycles. The van der Waals surface area contributed by atoms with E-state index in [0.717, 1.165) is 69.7 Å². The number of rotatable bonds is 9. The Kier molecular flexibility index (Phi) is 11.3. The van der Waals surface area contributed by atoms with Crippen LogP contribution in [0.15, 0.2) is 27.8 Å². The van der Waals surface area contributed by atoms with Crippen LogP contribution in [0, 0.1) is 0 Å². The SMILES string of the molecule is CC1CCCCN1CCCNC(=NCC1CCCO1)NCCc1ccco1.I. The van der Waals surface area contributed by atoms with Gasteiger partial charge in [-0.1, -0.05) is 6.42 Å². The highest BCUT2D eigenvalue weighted by molar-refractivity contribution is 14.0. The number of hydrogen-bond acceptors (Lipinski definition) is 4. The number of halogens is 1. The topological polar surface area (TPSA) is 62.0 Å². The molecule has 0 spiro atoms. The maximum Gasteiger partial charge on any atom is 0.191 e. The molecule has 0 saturated carbocycles. The fraction of sp³-hybridized carbons (Fsp3) is 0.762. The van der Waals surface area contributed by atoms with E-state index in [1.54, 1.807) is 6.26 Å². The first kappa shape index (κ1) is 23.5. The first-order chi connectivity index (χ1) is 13.3. The summed E-state index contributed by atoms with van der Waals surface area (Å²) in [6, 6.07) is 4.68. The second kappa shape index (κ2) is 13.4. The van der Waals surface area contributed by atoms with Gasteiger partial charge in [0.25, 0.3) is 0 Å². The average molecular weight is 504 g/mol. The van der Waals surface area contributed by atoms with Crippen LogP contribution in [0.4, 0.5) is 0 Å². The Labute approximate surface area is 186 Å². The molecule has 2 unspecified atom stereocenters. The molecule has 2 saturated heterocycles. The van der Waals surface area contributed by atoms with Crippen LogP contribution in [0.25, 0.3) is 0 Å². The van der Waals surface area contributed by atoms with Gasteiger partial charge >= 0.3 is 0 Å². The molecule has 0 radical (unpaired) electrons. The van der Waals surface area contributed by atoms with Crippen molar-refractivity contribution in [2.24, 2.45) is 4.99 Å². The summed E-state index contributed by atoms with van der Waals surface area (Å²) in [5, 5.41) is 6.94. The van der Waals surface area contributed by atoms with Crippen LogP contribution in [0.1, 0.15) is 51.2 Å². The van der Waals surface area contributed by atoms with E-state index in [-0.39, 0.29) is 30.1 Å². The average Bonchev–Trinajstić information content (AvgIpc) is 3.38. The van der Waals surface area contributed by atoms with Crippen molar-refractivity contribution in [3.05, 3.63) is 24.2 Å². The van der Waals surface area contributed by atoms with Gasteiger partial charge in [0.2, 0.25) is 0 Å². The summed E-state index contributed by atoms with van der Waals surface area (Å²) in [4.78, 5) is 7.37. The van der Waals surface area contributed by atoms with E-state index in [4.69, 9.17) is 14.1 Å². The van der Waals surface area contributed by atoms with Gasteiger partial charge < -0.3 is 24.7 Å². The normalized spacial score (nSPS) is 23.4. The molecule has 160 valence electrons. The Morgan fingerprint density at radius 3 is 2.86 bits per heavy atom. The van der Waals surface area contributed by atoms with Crippen molar-refractivity contribution >= 4 is 29.9 Å². The maximum atomic E-state index is 5.70. The van der Waals surface area contributed by atoms with E-state index in [9.17, 15) is 0 Å². The molecule has 7 heteroatoms. The van der Waals surface area contributed by atoms with E-state index >= 15 is 0 Å². The van der Waals surface area contributed by atoms with Gasteiger partial charge in [-0.15, -0.1) is 24.0 Å². The molecule has 0 aliphatic carbocycles. The highest BCUT2D eigenvalue weighted by Crippen LogP contribution is 2.16. The zero-order valence-corrected chi connectivity index (χ0v) is 19.5. The third-order valence-electron chi connectivity index (χ3n) is 5.58. The Morgan fingerprint density at radius 1 is 1.21 bits per heavy atom. The van der Waals surface area contributed by atoms with Gasteiger partial charge in [-0.3, -0.25) is 4.99 Å². The van der Waals surface area contributed by atoms with E-state index < -0.39 is 0 Å². The van der Waals surface area contributed by atoms with Crippen LogP contribution in [0.3, 0.4) is 0 Å². The number of nitrogens with one attached hydrogen (secondary N) is 2. The van der Waals surface area contributed by atoms with Crippen molar-refractivity contribution in [2.75, 3.05) is 39.3 Å². The van der Waals surface area contributed by atoms with Gasteiger partial charge in [-0.25, -0.2) is 0 Å². The molecule has 3 rings (SSSR count). The summed E-state index contributed by atoms with van der Waals surface area (Å²) in [6.07, 6.45) is 10.4. The lowest BCUT2D eigenvalue weighted by Crippen LogP contribution is -2.42. The predicted octanol–water partition coefficient (Wildman–Crippen LogP) is 3.42. The highest BCUT2D eigenvalue weighted by atomic mass is 127. The molecule has 3 heterocycles. The van der Waals surface area contributed by atoms with Crippen molar-refractivity contribution < 1.29 is 9.15 Å². The third-order valence-corrected chi connectivity index (χ3v) is 5.58. The Morgan fingerprint density at radius 2 is 2.11 bits per heavy atom.